The van der Waals surface area contributed by atoms with Crippen LogP contribution in [0.15, 0.2) is 60.7 Å². The Hall–Kier alpha value is -3.45. The van der Waals surface area contributed by atoms with Crippen molar-refractivity contribution in [3.8, 4) is 0 Å². The van der Waals surface area contributed by atoms with E-state index in [0.29, 0.717) is 37.4 Å². The Morgan fingerprint density at radius 2 is 1.64 bits per heavy atom. The van der Waals surface area contributed by atoms with E-state index in [1.54, 1.807) is 17.8 Å². The van der Waals surface area contributed by atoms with Crippen LogP contribution in [-0.4, -0.2) is 57.6 Å². The van der Waals surface area contributed by atoms with Gasteiger partial charge in [0.25, 0.3) is 5.91 Å². The maximum Gasteiger partial charge on any atom is 0.274 e. The minimum atomic E-state index is -0.0922. The molecule has 7 nitrogen and oxygen atoms in total. The molecule has 4 rings (SSSR count). The quantitative estimate of drug-likeness (QED) is 0.606. The largest absolute Gasteiger partial charge is 0.335 e. The van der Waals surface area contributed by atoms with Crippen LogP contribution in [0.4, 0.5) is 5.82 Å². The first-order valence-corrected chi connectivity index (χ1v) is 11.4. The highest BCUT2D eigenvalue weighted by Crippen LogP contribution is 2.15. The van der Waals surface area contributed by atoms with Crippen molar-refractivity contribution in [3.63, 3.8) is 0 Å². The summed E-state index contributed by atoms with van der Waals surface area (Å²) in [6, 6.07) is 20.2. The van der Waals surface area contributed by atoms with Crippen LogP contribution >= 0.6 is 0 Å². The van der Waals surface area contributed by atoms with E-state index >= 15 is 0 Å². The maximum absolute atomic E-state index is 13.0. The molecule has 0 atom stereocenters. The number of hydrogen-bond donors (Lipinski definition) is 1. The molecule has 2 heterocycles. The van der Waals surface area contributed by atoms with Crippen molar-refractivity contribution in [2.45, 2.75) is 26.3 Å². The Bertz CT molecular complexity index is 1080. The molecule has 2 aromatic carbocycles. The molecule has 7 heteroatoms. The van der Waals surface area contributed by atoms with Gasteiger partial charge in [0.1, 0.15) is 5.82 Å². The van der Waals surface area contributed by atoms with Crippen LogP contribution in [0.5, 0.6) is 0 Å². The summed E-state index contributed by atoms with van der Waals surface area (Å²) in [6.07, 6.45) is 1.05. The zero-order chi connectivity index (χ0) is 23.2. The predicted octanol–water partition coefficient (Wildman–Crippen LogP) is 3.26. The van der Waals surface area contributed by atoms with Crippen molar-refractivity contribution in [1.82, 2.24) is 19.6 Å². The smallest absolute Gasteiger partial charge is 0.274 e. The topological polar surface area (TPSA) is 70.5 Å². The molecule has 1 N–H and O–H groups in total. The summed E-state index contributed by atoms with van der Waals surface area (Å²) in [7, 11) is 1.74. The molecule has 33 heavy (non-hydrogen) atoms. The van der Waals surface area contributed by atoms with Gasteiger partial charge in [-0.3, -0.25) is 19.2 Å². The lowest BCUT2D eigenvalue weighted by Gasteiger charge is -2.34. The first kappa shape index (κ1) is 22.7. The van der Waals surface area contributed by atoms with Crippen molar-refractivity contribution in [2.75, 3.05) is 31.5 Å². The standard InChI is InChI=1S/C26H31N5O2/c1-20-8-10-22(11-9-20)19-30-14-16-31(17-15-30)26(33)23-18-24(29(2)28-23)27-25(32)13-12-21-6-4-3-5-7-21/h3-11,18H,12-17,19H2,1-2H3,(H,27,32). The average Bonchev–Trinajstić information content (AvgIpc) is 3.20. The number of rotatable bonds is 7. The number of carbonyl (C=O) groups is 2. The van der Waals surface area contributed by atoms with Gasteiger partial charge in [0, 0.05) is 52.3 Å². The Morgan fingerprint density at radius 3 is 2.33 bits per heavy atom. The third kappa shape index (κ3) is 6.08. The Morgan fingerprint density at radius 1 is 0.939 bits per heavy atom. The molecular formula is C26H31N5O2. The fourth-order valence-electron chi connectivity index (χ4n) is 4.02. The van der Waals surface area contributed by atoms with Gasteiger partial charge in [-0.05, 0) is 24.5 Å². The number of aromatic nitrogens is 2. The van der Waals surface area contributed by atoms with Crippen LogP contribution in [0.25, 0.3) is 0 Å². The number of benzene rings is 2. The molecule has 1 aliphatic rings. The van der Waals surface area contributed by atoms with Crippen molar-refractivity contribution in [1.29, 1.82) is 0 Å². The number of nitrogens with one attached hydrogen (secondary N) is 1. The van der Waals surface area contributed by atoms with Gasteiger partial charge in [-0.25, -0.2) is 0 Å². The van der Waals surface area contributed by atoms with Gasteiger partial charge >= 0.3 is 0 Å². The van der Waals surface area contributed by atoms with E-state index in [1.165, 1.54) is 11.1 Å². The molecule has 1 saturated heterocycles. The van der Waals surface area contributed by atoms with E-state index in [-0.39, 0.29) is 11.8 Å². The minimum absolute atomic E-state index is 0.0921. The maximum atomic E-state index is 13.0. The number of anilines is 1. The molecular weight excluding hydrogens is 414 g/mol. The molecule has 0 bridgehead atoms. The molecule has 3 aromatic rings. The van der Waals surface area contributed by atoms with Gasteiger partial charge < -0.3 is 10.2 Å². The molecule has 1 aliphatic heterocycles. The van der Waals surface area contributed by atoms with Crippen molar-refractivity contribution >= 4 is 17.6 Å². The van der Waals surface area contributed by atoms with Crippen LogP contribution < -0.4 is 5.32 Å². The summed E-state index contributed by atoms with van der Waals surface area (Å²) in [4.78, 5) is 29.6. The van der Waals surface area contributed by atoms with E-state index in [4.69, 9.17) is 0 Å². The molecule has 0 unspecified atom stereocenters. The number of hydrogen-bond acceptors (Lipinski definition) is 4. The third-order valence-corrected chi connectivity index (χ3v) is 6.04. The Labute approximate surface area is 195 Å². The summed E-state index contributed by atoms with van der Waals surface area (Å²) in [5, 5.41) is 7.23. The molecule has 0 radical (unpaired) electrons. The van der Waals surface area contributed by atoms with Gasteiger partial charge in [-0.1, -0.05) is 60.2 Å². The lowest BCUT2D eigenvalue weighted by atomic mass is 10.1. The van der Waals surface area contributed by atoms with Gasteiger partial charge in [-0.15, -0.1) is 0 Å². The molecule has 172 valence electrons. The predicted molar refractivity (Wildman–Crippen MR) is 129 cm³/mol. The zero-order valence-electron chi connectivity index (χ0n) is 19.3. The lowest BCUT2D eigenvalue weighted by molar-refractivity contribution is -0.116. The van der Waals surface area contributed by atoms with Crippen LogP contribution in [0.3, 0.4) is 0 Å². The summed E-state index contributed by atoms with van der Waals surface area (Å²) in [6.45, 7) is 5.98. The summed E-state index contributed by atoms with van der Waals surface area (Å²) in [5.41, 5.74) is 4.03. The van der Waals surface area contributed by atoms with Crippen LogP contribution in [0.1, 0.15) is 33.6 Å². The minimum Gasteiger partial charge on any atom is -0.335 e. The first-order valence-electron chi connectivity index (χ1n) is 11.4. The molecule has 1 fully saturated rings. The zero-order valence-corrected chi connectivity index (χ0v) is 19.3. The third-order valence-electron chi connectivity index (χ3n) is 6.04. The molecule has 1 aromatic heterocycles. The summed E-state index contributed by atoms with van der Waals surface area (Å²) < 4.78 is 1.56. The summed E-state index contributed by atoms with van der Waals surface area (Å²) >= 11 is 0. The summed E-state index contributed by atoms with van der Waals surface area (Å²) in [5.74, 6) is 0.352. The van der Waals surface area contributed by atoms with E-state index in [1.807, 2.05) is 35.2 Å². The van der Waals surface area contributed by atoms with Gasteiger partial charge in [0.05, 0.1) is 0 Å². The van der Waals surface area contributed by atoms with E-state index in [9.17, 15) is 9.59 Å². The number of carbonyl (C=O) groups excluding carboxylic acids is 2. The van der Waals surface area contributed by atoms with Crippen molar-refractivity contribution in [3.05, 3.63) is 83.0 Å². The normalized spacial score (nSPS) is 14.3. The fourth-order valence-corrected chi connectivity index (χ4v) is 4.02. The van der Waals surface area contributed by atoms with Crippen molar-refractivity contribution in [2.24, 2.45) is 7.05 Å². The average molecular weight is 446 g/mol. The highest BCUT2D eigenvalue weighted by atomic mass is 16.2. The van der Waals surface area contributed by atoms with Crippen molar-refractivity contribution < 1.29 is 9.59 Å². The number of piperazine rings is 1. The van der Waals surface area contributed by atoms with E-state index < -0.39 is 0 Å². The Balaban J connectivity index is 1.28. The molecule has 2 amide bonds. The van der Waals surface area contributed by atoms with E-state index in [2.05, 4.69) is 46.5 Å². The SMILES string of the molecule is Cc1ccc(CN2CCN(C(=O)c3cc(NC(=O)CCc4ccccc4)n(C)n3)CC2)cc1. The second-order valence-corrected chi connectivity index (χ2v) is 8.63. The second kappa shape index (κ2) is 10.4. The van der Waals surface area contributed by atoms with Gasteiger partial charge in [0.2, 0.25) is 5.91 Å². The molecule has 0 spiro atoms. The van der Waals surface area contributed by atoms with Crippen LogP contribution in [0, 0.1) is 6.92 Å². The molecule has 0 saturated carbocycles. The number of amides is 2. The molecule has 0 aliphatic carbocycles. The lowest BCUT2D eigenvalue weighted by Crippen LogP contribution is -2.48. The monoisotopic (exact) mass is 445 g/mol. The number of nitrogens with zero attached hydrogens (tertiary/aromatic N) is 4. The van der Waals surface area contributed by atoms with Crippen LogP contribution in [0.2, 0.25) is 0 Å². The number of aryl methyl sites for hydroxylation is 3. The van der Waals surface area contributed by atoms with Gasteiger partial charge in [0.15, 0.2) is 5.69 Å². The highest BCUT2D eigenvalue weighted by molar-refractivity contribution is 5.95. The fraction of sp³-hybridized carbons (Fsp3) is 0.346. The van der Waals surface area contributed by atoms with E-state index in [0.717, 1.165) is 25.2 Å². The second-order valence-electron chi connectivity index (χ2n) is 8.63. The Kier molecular flexibility index (Phi) is 7.19. The van der Waals surface area contributed by atoms with Gasteiger partial charge in [-0.2, -0.15) is 5.10 Å². The van der Waals surface area contributed by atoms with Crippen LogP contribution in [-0.2, 0) is 24.8 Å². The first-order chi connectivity index (χ1) is 16.0. The highest BCUT2D eigenvalue weighted by Gasteiger charge is 2.24.